The number of para-hydroxylation sites is 3. The van der Waals surface area contributed by atoms with E-state index in [0.29, 0.717) is 18.5 Å². The van der Waals surface area contributed by atoms with Gasteiger partial charge < -0.3 is 14.5 Å². The minimum atomic E-state index is -0.0698. The van der Waals surface area contributed by atoms with Crippen LogP contribution >= 0.6 is 0 Å². The summed E-state index contributed by atoms with van der Waals surface area (Å²) in [5.41, 5.74) is 13.0. The predicted octanol–water partition coefficient (Wildman–Crippen LogP) is 15.5. The number of pyridine rings is 1. The van der Waals surface area contributed by atoms with Gasteiger partial charge in [0, 0.05) is 40.5 Å². The first-order valence-electron chi connectivity index (χ1n) is 21.4. The zero-order chi connectivity index (χ0) is 41.9. The topological polar surface area (TPSA) is 33.5 Å². The third-order valence-corrected chi connectivity index (χ3v) is 13.1. The third kappa shape index (κ3) is 6.90. The van der Waals surface area contributed by atoms with Crippen LogP contribution in [0.25, 0.3) is 38.8 Å². The molecular formula is C55H56N4O. The number of fused-ring (bicyclic) bond motifs is 4. The maximum absolute atomic E-state index is 7.03. The van der Waals surface area contributed by atoms with Gasteiger partial charge in [-0.2, -0.15) is 0 Å². The number of hydrogen-bond acceptors (Lipinski definition) is 4. The predicted molar refractivity (Wildman–Crippen MR) is 253 cm³/mol. The molecule has 1 aliphatic rings. The Bertz CT molecular complexity index is 2870. The summed E-state index contributed by atoms with van der Waals surface area (Å²) in [6.07, 6.45) is 1.96. The van der Waals surface area contributed by atoms with Crippen molar-refractivity contribution in [3.05, 3.63) is 168 Å². The fourth-order valence-electron chi connectivity index (χ4n) is 8.68. The fourth-order valence-corrected chi connectivity index (χ4v) is 8.68. The van der Waals surface area contributed by atoms with Crippen molar-refractivity contribution in [1.82, 2.24) is 9.55 Å². The standard InChI is InChI=1S/C55H56N4O/c1-36(2)38-17-16-18-41(29-38)57-35-58(51-24-15-14-23-50(51)57)42-30-39(46-20-11-10-19-45(46)37(3)4)31-44(33-42)60-43-25-26-48-47-21-12-13-22-49(47)59(52(48)34-43)53-32-40(27-28-56-53)55(8,9)54(5,6)7/h10-34,36-37H,35H2,1-9H3. The molecule has 3 heterocycles. The normalized spacial score (nSPS) is 13.2. The highest BCUT2D eigenvalue weighted by molar-refractivity contribution is 6.09. The van der Waals surface area contributed by atoms with Gasteiger partial charge in [-0.05, 0) is 117 Å². The van der Waals surface area contributed by atoms with Gasteiger partial charge in [-0.25, -0.2) is 4.98 Å². The molecule has 9 rings (SSSR count). The lowest BCUT2D eigenvalue weighted by molar-refractivity contribution is 0.225. The molecule has 0 atom stereocenters. The van der Waals surface area contributed by atoms with Gasteiger partial charge in [0.05, 0.1) is 22.4 Å². The third-order valence-electron chi connectivity index (χ3n) is 13.1. The van der Waals surface area contributed by atoms with Crippen LogP contribution in [0.2, 0.25) is 0 Å². The molecule has 0 radical (unpaired) electrons. The Balaban J connectivity index is 1.17. The Morgan fingerprint density at radius 1 is 0.567 bits per heavy atom. The summed E-state index contributed by atoms with van der Waals surface area (Å²) in [5, 5.41) is 2.35. The Morgan fingerprint density at radius 2 is 1.27 bits per heavy atom. The smallest absolute Gasteiger partial charge is 0.137 e. The maximum Gasteiger partial charge on any atom is 0.137 e. The van der Waals surface area contributed by atoms with E-state index in [0.717, 1.165) is 45.0 Å². The molecule has 0 unspecified atom stereocenters. The Labute approximate surface area is 355 Å². The summed E-state index contributed by atoms with van der Waals surface area (Å²) in [6, 6.07) is 52.8. The monoisotopic (exact) mass is 788 g/mol. The Morgan fingerprint density at radius 3 is 2.02 bits per heavy atom. The summed E-state index contributed by atoms with van der Waals surface area (Å²) in [4.78, 5) is 9.83. The number of anilines is 4. The van der Waals surface area contributed by atoms with Gasteiger partial charge in [0.1, 0.15) is 24.0 Å². The van der Waals surface area contributed by atoms with E-state index in [1.54, 1.807) is 0 Å². The van der Waals surface area contributed by atoms with E-state index in [1.165, 1.54) is 44.7 Å². The second kappa shape index (κ2) is 15.0. The fraction of sp³-hybridized carbons (Fsp3) is 0.255. The van der Waals surface area contributed by atoms with Gasteiger partial charge in [-0.15, -0.1) is 0 Å². The molecule has 302 valence electrons. The Hall–Kier alpha value is -6.33. The van der Waals surface area contributed by atoms with Crippen molar-refractivity contribution in [2.24, 2.45) is 5.41 Å². The zero-order valence-electron chi connectivity index (χ0n) is 36.5. The number of aromatic nitrogens is 2. The maximum atomic E-state index is 7.03. The number of nitrogens with zero attached hydrogens (tertiary/aromatic N) is 4. The van der Waals surface area contributed by atoms with Crippen LogP contribution in [0.3, 0.4) is 0 Å². The number of rotatable bonds is 9. The average Bonchev–Trinajstić information content (AvgIpc) is 3.79. The highest BCUT2D eigenvalue weighted by Crippen LogP contribution is 2.47. The SMILES string of the molecule is CC(C)c1cccc(N2CN(c3cc(Oc4ccc5c6ccccc6n(-c6cc(C(C)(C)C(C)(C)C)ccn6)c5c4)cc(-c4ccccc4C(C)C)c3)c3ccccc32)c1. The Kier molecular flexibility index (Phi) is 9.82. The van der Waals surface area contributed by atoms with Crippen molar-refractivity contribution in [1.29, 1.82) is 0 Å². The second-order valence-corrected chi connectivity index (χ2v) is 18.6. The first-order valence-corrected chi connectivity index (χ1v) is 21.4. The lowest BCUT2D eigenvalue weighted by atomic mass is 9.65. The summed E-state index contributed by atoms with van der Waals surface area (Å²) in [6.45, 7) is 21.3. The molecule has 0 saturated carbocycles. The zero-order valence-corrected chi connectivity index (χ0v) is 36.5. The molecule has 1 aliphatic heterocycles. The summed E-state index contributed by atoms with van der Waals surface area (Å²) in [5.74, 6) is 3.26. The molecule has 0 bridgehead atoms. The van der Waals surface area contributed by atoms with E-state index in [1.807, 2.05) is 6.20 Å². The van der Waals surface area contributed by atoms with E-state index in [-0.39, 0.29) is 10.8 Å². The largest absolute Gasteiger partial charge is 0.457 e. The molecule has 0 aliphatic carbocycles. The van der Waals surface area contributed by atoms with Gasteiger partial charge in [0.2, 0.25) is 0 Å². The van der Waals surface area contributed by atoms with Crippen LogP contribution < -0.4 is 14.5 Å². The van der Waals surface area contributed by atoms with Crippen molar-refractivity contribution in [2.75, 3.05) is 16.5 Å². The highest BCUT2D eigenvalue weighted by Gasteiger charge is 2.35. The van der Waals surface area contributed by atoms with E-state index in [2.05, 4.69) is 222 Å². The van der Waals surface area contributed by atoms with Crippen molar-refractivity contribution in [3.8, 4) is 28.4 Å². The van der Waals surface area contributed by atoms with Crippen LogP contribution in [0.5, 0.6) is 11.5 Å². The molecule has 2 aromatic heterocycles. The first-order chi connectivity index (χ1) is 28.8. The molecule has 0 spiro atoms. The lowest BCUT2D eigenvalue weighted by Crippen LogP contribution is -2.34. The minimum Gasteiger partial charge on any atom is -0.457 e. The number of benzene rings is 6. The van der Waals surface area contributed by atoms with Gasteiger partial charge in [-0.3, -0.25) is 4.57 Å². The number of hydrogen-bond donors (Lipinski definition) is 0. The molecule has 0 saturated heterocycles. The van der Waals surface area contributed by atoms with E-state index in [9.17, 15) is 0 Å². The summed E-state index contributed by atoms with van der Waals surface area (Å²) >= 11 is 0. The van der Waals surface area contributed by atoms with Crippen molar-refractivity contribution < 1.29 is 4.74 Å². The molecule has 5 nitrogen and oxygen atoms in total. The van der Waals surface area contributed by atoms with Crippen LogP contribution in [-0.4, -0.2) is 16.2 Å². The van der Waals surface area contributed by atoms with Crippen molar-refractivity contribution in [3.63, 3.8) is 0 Å². The van der Waals surface area contributed by atoms with E-state index < -0.39 is 0 Å². The molecule has 8 aromatic rings. The molecule has 60 heavy (non-hydrogen) atoms. The van der Waals surface area contributed by atoms with E-state index >= 15 is 0 Å². The molecule has 0 amide bonds. The first kappa shape index (κ1) is 39.1. The van der Waals surface area contributed by atoms with Gasteiger partial charge >= 0.3 is 0 Å². The van der Waals surface area contributed by atoms with Crippen LogP contribution in [0, 0.1) is 5.41 Å². The number of ether oxygens (including phenoxy) is 1. The lowest BCUT2D eigenvalue weighted by Gasteiger charge is -2.39. The van der Waals surface area contributed by atoms with Crippen LogP contribution in [0.15, 0.2) is 152 Å². The van der Waals surface area contributed by atoms with Crippen LogP contribution in [-0.2, 0) is 5.41 Å². The summed E-state index contributed by atoms with van der Waals surface area (Å²) in [7, 11) is 0. The average molecular weight is 789 g/mol. The van der Waals surface area contributed by atoms with Gasteiger partial charge in [0.15, 0.2) is 0 Å². The second-order valence-electron chi connectivity index (χ2n) is 18.6. The quantitative estimate of drug-likeness (QED) is 0.146. The van der Waals surface area contributed by atoms with Gasteiger partial charge in [0.25, 0.3) is 0 Å². The van der Waals surface area contributed by atoms with Crippen molar-refractivity contribution >= 4 is 44.6 Å². The molecule has 5 heteroatoms. The molecular weight excluding hydrogens is 733 g/mol. The minimum absolute atomic E-state index is 0.0603. The van der Waals surface area contributed by atoms with Crippen molar-refractivity contribution in [2.45, 2.75) is 79.6 Å². The molecule has 0 fully saturated rings. The van der Waals surface area contributed by atoms with Gasteiger partial charge in [-0.1, -0.05) is 129 Å². The van der Waals surface area contributed by atoms with Crippen LogP contribution in [0.4, 0.5) is 22.7 Å². The molecule has 6 aromatic carbocycles. The highest BCUT2D eigenvalue weighted by atomic mass is 16.5. The molecule has 0 N–H and O–H groups in total. The summed E-state index contributed by atoms with van der Waals surface area (Å²) < 4.78 is 9.32. The van der Waals surface area contributed by atoms with E-state index in [4.69, 9.17) is 9.72 Å². The van der Waals surface area contributed by atoms with Crippen LogP contribution in [0.1, 0.15) is 90.8 Å².